The highest BCUT2D eigenvalue weighted by Crippen LogP contribution is 2.42. The first kappa shape index (κ1) is 19.7. The molecule has 1 unspecified atom stereocenters. The summed E-state index contributed by atoms with van der Waals surface area (Å²) in [6.07, 6.45) is 11.5. The van der Waals surface area contributed by atoms with Gasteiger partial charge in [0.25, 0.3) is 5.91 Å². The molecule has 7 heteroatoms. The fourth-order valence-corrected chi connectivity index (χ4v) is 5.13. The first-order chi connectivity index (χ1) is 15.2. The number of nitrogens with two attached hydrogens (primary N) is 1. The van der Waals surface area contributed by atoms with Crippen molar-refractivity contribution in [2.24, 2.45) is 10.7 Å². The minimum atomic E-state index is -0.309. The van der Waals surface area contributed by atoms with Crippen LogP contribution in [0.4, 0.5) is 5.69 Å². The lowest BCUT2D eigenvalue weighted by Gasteiger charge is -2.15. The third-order valence-corrected chi connectivity index (χ3v) is 6.82. The number of carbonyl (C=O) groups excluding carboxylic acids is 1. The van der Waals surface area contributed by atoms with E-state index in [1.54, 1.807) is 23.9 Å². The minimum absolute atomic E-state index is 0.0268. The number of nitrogens with zero attached hydrogens (tertiary/aromatic N) is 2. The molecule has 3 heterocycles. The molecule has 5 rings (SSSR count). The summed E-state index contributed by atoms with van der Waals surface area (Å²) in [7, 11) is 0. The Labute approximate surface area is 184 Å². The van der Waals surface area contributed by atoms with Crippen LogP contribution < -0.4 is 16.4 Å². The largest absolute Gasteiger partial charge is 0.352 e. The summed E-state index contributed by atoms with van der Waals surface area (Å²) in [6.45, 7) is 0.590. The summed E-state index contributed by atoms with van der Waals surface area (Å²) >= 11 is 1.67. The van der Waals surface area contributed by atoms with E-state index in [1.165, 1.54) is 10.3 Å². The first-order valence-corrected chi connectivity index (χ1v) is 11.2. The van der Waals surface area contributed by atoms with Crippen LogP contribution in [-0.2, 0) is 11.2 Å². The van der Waals surface area contributed by atoms with Crippen LogP contribution >= 0.6 is 11.3 Å². The molecule has 0 saturated carbocycles. The van der Waals surface area contributed by atoms with Crippen LogP contribution in [0.2, 0.25) is 0 Å². The molecular weight excluding hydrogens is 406 g/mol. The average Bonchev–Trinajstić information content (AvgIpc) is 3.19. The molecule has 1 aliphatic heterocycles. The topological polar surface area (TPSA) is 92.4 Å². The zero-order valence-corrected chi connectivity index (χ0v) is 17.8. The van der Waals surface area contributed by atoms with E-state index in [4.69, 9.17) is 5.73 Å². The molecule has 3 aromatic rings. The molecule has 0 spiro atoms. The van der Waals surface area contributed by atoms with Gasteiger partial charge in [0.1, 0.15) is 6.17 Å². The molecule has 0 fully saturated rings. The Kier molecular flexibility index (Phi) is 5.36. The molecule has 1 aromatic carbocycles. The molecule has 156 valence electrons. The van der Waals surface area contributed by atoms with E-state index in [1.807, 2.05) is 30.5 Å². The van der Waals surface area contributed by atoms with Crippen LogP contribution in [0.1, 0.15) is 35.0 Å². The van der Waals surface area contributed by atoms with Crippen molar-refractivity contribution in [3.8, 4) is 0 Å². The molecule has 4 N–H and O–H groups in total. The number of thiophene rings is 1. The second-order valence-corrected chi connectivity index (χ2v) is 8.74. The Balaban J connectivity index is 1.31. The third kappa shape index (κ3) is 4.02. The highest BCUT2D eigenvalue weighted by Gasteiger charge is 2.20. The van der Waals surface area contributed by atoms with Gasteiger partial charge in [-0.05, 0) is 54.2 Å². The van der Waals surface area contributed by atoms with E-state index in [0.717, 1.165) is 51.9 Å². The molecule has 2 aromatic heterocycles. The molecule has 0 saturated heterocycles. The summed E-state index contributed by atoms with van der Waals surface area (Å²) in [4.78, 5) is 22.1. The van der Waals surface area contributed by atoms with Crippen molar-refractivity contribution < 1.29 is 4.79 Å². The van der Waals surface area contributed by atoms with Crippen LogP contribution in [-0.4, -0.2) is 23.8 Å². The number of anilines is 1. The second kappa shape index (κ2) is 8.45. The summed E-state index contributed by atoms with van der Waals surface area (Å²) in [6, 6.07) is 10.4. The zero-order chi connectivity index (χ0) is 21.2. The van der Waals surface area contributed by atoms with Gasteiger partial charge in [0.05, 0.1) is 16.9 Å². The van der Waals surface area contributed by atoms with Gasteiger partial charge in [-0.15, -0.1) is 11.3 Å². The smallest absolute Gasteiger partial charge is 0.250 e. The Morgan fingerprint density at radius 3 is 3.13 bits per heavy atom. The highest BCUT2D eigenvalue weighted by atomic mass is 32.1. The summed E-state index contributed by atoms with van der Waals surface area (Å²) in [5, 5.41) is 7.41. The monoisotopic (exact) mass is 429 g/mol. The number of aromatic nitrogens is 1. The number of allylic oxidation sites excluding steroid dienone is 2. The molecule has 1 aliphatic carbocycles. The maximum atomic E-state index is 12.7. The number of rotatable bonds is 5. The Hall–Kier alpha value is -3.29. The van der Waals surface area contributed by atoms with Crippen molar-refractivity contribution in [1.29, 1.82) is 0 Å². The number of carbonyl (C=O) groups is 1. The predicted molar refractivity (Wildman–Crippen MR) is 127 cm³/mol. The Morgan fingerprint density at radius 1 is 1.32 bits per heavy atom. The lowest BCUT2D eigenvalue weighted by atomic mass is 9.93. The van der Waals surface area contributed by atoms with Crippen molar-refractivity contribution in [3.05, 3.63) is 76.5 Å². The van der Waals surface area contributed by atoms with E-state index in [0.29, 0.717) is 6.54 Å². The quantitative estimate of drug-likeness (QED) is 0.568. The van der Waals surface area contributed by atoms with E-state index >= 15 is 0 Å². The minimum Gasteiger partial charge on any atom is -0.352 e. The number of hydrogen-bond acceptors (Lipinski definition) is 6. The van der Waals surface area contributed by atoms with Crippen molar-refractivity contribution in [1.82, 2.24) is 10.3 Å². The fraction of sp³-hybridized carbons (Fsp3) is 0.208. The summed E-state index contributed by atoms with van der Waals surface area (Å²) in [5.74, 6) is -0.0268. The molecule has 31 heavy (non-hydrogen) atoms. The Morgan fingerprint density at radius 2 is 2.26 bits per heavy atom. The molecule has 0 bridgehead atoms. The van der Waals surface area contributed by atoms with Gasteiger partial charge in [-0.25, -0.2) is 0 Å². The van der Waals surface area contributed by atoms with Crippen LogP contribution in [0, 0.1) is 0 Å². The average molecular weight is 430 g/mol. The second-order valence-electron chi connectivity index (χ2n) is 7.65. The van der Waals surface area contributed by atoms with E-state index < -0.39 is 0 Å². The highest BCUT2D eigenvalue weighted by molar-refractivity contribution is 7.20. The molecule has 1 amide bonds. The van der Waals surface area contributed by atoms with Gasteiger partial charge < -0.3 is 16.4 Å². The van der Waals surface area contributed by atoms with Crippen molar-refractivity contribution in [2.45, 2.75) is 25.4 Å². The zero-order valence-electron chi connectivity index (χ0n) is 17.0. The molecular formula is C24H23N5OS. The van der Waals surface area contributed by atoms with Crippen molar-refractivity contribution in [3.63, 3.8) is 0 Å². The van der Waals surface area contributed by atoms with Gasteiger partial charge >= 0.3 is 0 Å². The normalized spacial score (nSPS) is 17.5. The van der Waals surface area contributed by atoms with Crippen molar-refractivity contribution in [2.75, 3.05) is 11.9 Å². The van der Waals surface area contributed by atoms with Gasteiger partial charge in [-0.3, -0.25) is 14.8 Å². The molecule has 0 radical (unpaired) electrons. The van der Waals surface area contributed by atoms with Crippen LogP contribution in [0.15, 0.2) is 65.4 Å². The maximum absolute atomic E-state index is 12.7. The van der Waals surface area contributed by atoms with E-state index in [9.17, 15) is 4.79 Å². The predicted octanol–water partition coefficient (Wildman–Crippen LogP) is 4.17. The van der Waals surface area contributed by atoms with Gasteiger partial charge in [0.15, 0.2) is 0 Å². The molecule has 2 aliphatic rings. The van der Waals surface area contributed by atoms with Crippen molar-refractivity contribution >= 4 is 44.9 Å². The molecule has 1 atom stereocenters. The standard InChI is InChI=1S/C24H23N5OS/c25-23-22-21(28-14-29-23)19-7-6-17(12-20(19)31-22)16-4-1-5-18(11-16)24(30)27-10-8-15-3-2-9-26-13-15/h2-3,5-7,9,11-14,23H,1,4,8,10,25H2,(H,27,30)(H,28,29). The van der Waals surface area contributed by atoms with Crippen LogP contribution in [0.25, 0.3) is 15.7 Å². The number of benzene rings is 1. The number of aliphatic imine (C=N–C) groups is 1. The maximum Gasteiger partial charge on any atom is 0.250 e. The number of fused-ring (bicyclic) bond motifs is 3. The van der Waals surface area contributed by atoms with Gasteiger partial charge in [-0.1, -0.05) is 24.3 Å². The number of pyridine rings is 1. The van der Waals surface area contributed by atoms with Crippen LogP contribution in [0.5, 0.6) is 0 Å². The lowest BCUT2D eigenvalue weighted by molar-refractivity contribution is -0.117. The number of nitrogens with one attached hydrogen (secondary N) is 2. The first-order valence-electron chi connectivity index (χ1n) is 10.4. The Bertz CT molecular complexity index is 1230. The van der Waals surface area contributed by atoms with Crippen LogP contribution in [0.3, 0.4) is 0 Å². The lowest BCUT2D eigenvalue weighted by Crippen LogP contribution is -2.27. The van der Waals surface area contributed by atoms with E-state index in [-0.39, 0.29) is 12.1 Å². The van der Waals surface area contributed by atoms with Gasteiger partial charge in [0.2, 0.25) is 0 Å². The number of hydrogen-bond donors (Lipinski definition) is 3. The SMILES string of the molecule is NC1N=CNc2c1sc1cc(C3=CC(C(=O)NCCc4cccnc4)=CCC3)ccc21. The summed E-state index contributed by atoms with van der Waals surface area (Å²) in [5.41, 5.74) is 11.4. The third-order valence-electron chi connectivity index (χ3n) is 5.59. The van der Waals surface area contributed by atoms with Gasteiger partial charge in [-0.2, -0.15) is 0 Å². The molecule has 6 nitrogen and oxygen atoms in total. The van der Waals surface area contributed by atoms with E-state index in [2.05, 4.69) is 38.8 Å². The fourth-order valence-electron chi connectivity index (χ4n) is 3.98. The summed E-state index contributed by atoms with van der Waals surface area (Å²) < 4.78 is 1.17. The van der Waals surface area contributed by atoms with Gasteiger partial charge in [0, 0.05) is 34.6 Å². The number of amides is 1.